The molecule has 0 bridgehead atoms. The van der Waals surface area contributed by atoms with Crippen LogP contribution in [0.5, 0.6) is 11.5 Å². The molecule has 4 rings (SSSR count). The van der Waals surface area contributed by atoms with E-state index in [1.807, 2.05) is 30.3 Å². The summed E-state index contributed by atoms with van der Waals surface area (Å²) in [4.78, 5) is 3.99. The molecule has 0 saturated heterocycles. The van der Waals surface area contributed by atoms with Gasteiger partial charge in [0.25, 0.3) is 0 Å². The largest absolute Gasteiger partial charge is 0.454 e. The predicted octanol–water partition coefficient (Wildman–Crippen LogP) is 2.25. The Morgan fingerprint density at radius 2 is 1.86 bits per heavy atom. The standard InChI is InChI=1S/C15H12N4O2/c16-12-8-19(11-3-5-17-6-4-11)18-15(12)10-1-2-13-14(7-10)21-9-20-13/h1-8H,9,16H2. The number of pyridine rings is 1. The van der Waals surface area contributed by atoms with Crippen LogP contribution in [-0.2, 0) is 0 Å². The molecule has 104 valence electrons. The van der Waals surface area contributed by atoms with Gasteiger partial charge in [-0.2, -0.15) is 5.10 Å². The normalized spacial score (nSPS) is 12.6. The molecule has 0 amide bonds. The molecule has 3 heterocycles. The Balaban J connectivity index is 1.78. The summed E-state index contributed by atoms with van der Waals surface area (Å²) in [6, 6.07) is 9.41. The van der Waals surface area contributed by atoms with Crippen LogP contribution in [0.15, 0.2) is 48.9 Å². The third kappa shape index (κ3) is 1.97. The molecular formula is C15H12N4O2. The van der Waals surface area contributed by atoms with Crippen LogP contribution in [0.3, 0.4) is 0 Å². The summed E-state index contributed by atoms with van der Waals surface area (Å²) >= 11 is 0. The molecule has 6 nitrogen and oxygen atoms in total. The lowest BCUT2D eigenvalue weighted by Crippen LogP contribution is -1.94. The molecule has 0 unspecified atom stereocenters. The van der Waals surface area contributed by atoms with Crippen LogP contribution >= 0.6 is 0 Å². The van der Waals surface area contributed by atoms with Gasteiger partial charge in [0.15, 0.2) is 11.5 Å². The Morgan fingerprint density at radius 3 is 2.71 bits per heavy atom. The first-order valence-corrected chi connectivity index (χ1v) is 6.47. The van der Waals surface area contributed by atoms with Crippen molar-refractivity contribution in [3.8, 4) is 28.4 Å². The Bertz CT molecular complexity index is 799. The van der Waals surface area contributed by atoms with Gasteiger partial charge < -0.3 is 15.2 Å². The first-order valence-electron chi connectivity index (χ1n) is 6.47. The number of hydrogen-bond acceptors (Lipinski definition) is 5. The van der Waals surface area contributed by atoms with E-state index in [1.165, 1.54) is 0 Å². The molecule has 0 saturated carbocycles. The fraction of sp³-hybridized carbons (Fsp3) is 0.0667. The second-order valence-corrected chi connectivity index (χ2v) is 4.65. The van der Waals surface area contributed by atoms with Crippen molar-refractivity contribution in [2.45, 2.75) is 0 Å². The SMILES string of the molecule is Nc1cn(-c2ccncc2)nc1-c1ccc2c(c1)OCO2. The Morgan fingerprint density at radius 1 is 1.05 bits per heavy atom. The number of ether oxygens (including phenoxy) is 2. The lowest BCUT2D eigenvalue weighted by Gasteiger charge is -2.01. The number of nitrogen functional groups attached to an aromatic ring is 1. The maximum absolute atomic E-state index is 6.08. The van der Waals surface area contributed by atoms with Crippen molar-refractivity contribution >= 4 is 5.69 Å². The van der Waals surface area contributed by atoms with Crippen molar-refractivity contribution in [2.75, 3.05) is 12.5 Å². The van der Waals surface area contributed by atoms with E-state index in [-0.39, 0.29) is 6.79 Å². The molecule has 0 radical (unpaired) electrons. The zero-order valence-corrected chi connectivity index (χ0v) is 11.1. The third-order valence-corrected chi connectivity index (χ3v) is 3.32. The highest BCUT2D eigenvalue weighted by atomic mass is 16.7. The maximum Gasteiger partial charge on any atom is 0.231 e. The molecule has 3 aromatic rings. The van der Waals surface area contributed by atoms with E-state index < -0.39 is 0 Å². The van der Waals surface area contributed by atoms with E-state index in [0.717, 1.165) is 17.0 Å². The number of rotatable bonds is 2. The monoisotopic (exact) mass is 280 g/mol. The van der Waals surface area contributed by atoms with E-state index in [0.29, 0.717) is 17.1 Å². The molecule has 1 aliphatic heterocycles. The van der Waals surface area contributed by atoms with Crippen LogP contribution in [0, 0.1) is 0 Å². The first-order chi connectivity index (χ1) is 10.3. The fourth-order valence-electron chi connectivity index (χ4n) is 2.28. The second-order valence-electron chi connectivity index (χ2n) is 4.65. The smallest absolute Gasteiger partial charge is 0.231 e. The lowest BCUT2D eigenvalue weighted by molar-refractivity contribution is 0.174. The highest BCUT2D eigenvalue weighted by Crippen LogP contribution is 2.37. The summed E-state index contributed by atoms with van der Waals surface area (Å²) in [6.07, 6.45) is 5.22. The van der Waals surface area contributed by atoms with Gasteiger partial charge in [-0.05, 0) is 30.3 Å². The summed E-state index contributed by atoms with van der Waals surface area (Å²) in [5, 5.41) is 4.54. The summed E-state index contributed by atoms with van der Waals surface area (Å²) in [5.74, 6) is 1.45. The molecule has 1 aliphatic rings. The van der Waals surface area contributed by atoms with Gasteiger partial charge in [-0.15, -0.1) is 0 Å². The molecule has 0 aliphatic carbocycles. The molecular weight excluding hydrogens is 268 g/mol. The van der Waals surface area contributed by atoms with Crippen molar-refractivity contribution < 1.29 is 9.47 Å². The van der Waals surface area contributed by atoms with E-state index in [4.69, 9.17) is 15.2 Å². The van der Waals surface area contributed by atoms with Crippen LogP contribution in [0.25, 0.3) is 16.9 Å². The summed E-state index contributed by atoms with van der Waals surface area (Å²) in [6.45, 7) is 0.250. The van der Waals surface area contributed by atoms with Gasteiger partial charge in [0.2, 0.25) is 6.79 Å². The summed E-state index contributed by atoms with van der Waals surface area (Å²) in [5.41, 5.74) is 9.20. The van der Waals surface area contributed by atoms with Crippen LogP contribution in [0.1, 0.15) is 0 Å². The Hall–Kier alpha value is -3.02. The Labute approximate surface area is 120 Å². The molecule has 1 aromatic carbocycles. The lowest BCUT2D eigenvalue weighted by atomic mass is 10.1. The highest BCUT2D eigenvalue weighted by Gasteiger charge is 2.16. The van der Waals surface area contributed by atoms with E-state index >= 15 is 0 Å². The third-order valence-electron chi connectivity index (χ3n) is 3.32. The van der Waals surface area contributed by atoms with Crippen molar-refractivity contribution in [1.82, 2.24) is 14.8 Å². The van der Waals surface area contributed by atoms with Crippen LogP contribution in [0.4, 0.5) is 5.69 Å². The van der Waals surface area contributed by atoms with Gasteiger partial charge in [-0.1, -0.05) is 0 Å². The molecule has 6 heteroatoms. The minimum absolute atomic E-state index is 0.250. The summed E-state index contributed by atoms with van der Waals surface area (Å²) < 4.78 is 12.4. The Kier molecular flexibility index (Phi) is 2.53. The quantitative estimate of drug-likeness (QED) is 0.779. The van der Waals surface area contributed by atoms with Gasteiger partial charge in [0.05, 0.1) is 17.6 Å². The molecule has 0 fully saturated rings. The van der Waals surface area contributed by atoms with Gasteiger partial charge >= 0.3 is 0 Å². The second kappa shape index (κ2) is 4.52. The number of benzene rings is 1. The minimum Gasteiger partial charge on any atom is -0.454 e. The van der Waals surface area contributed by atoms with Gasteiger partial charge in [0.1, 0.15) is 5.69 Å². The molecule has 0 atom stereocenters. The van der Waals surface area contributed by atoms with Crippen molar-refractivity contribution in [1.29, 1.82) is 0 Å². The number of anilines is 1. The highest BCUT2D eigenvalue weighted by molar-refractivity contribution is 5.74. The average molecular weight is 280 g/mol. The number of fused-ring (bicyclic) bond motifs is 1. The number of nitrogens with zero attached hydrogens (tertiary/aromatic N) is 3. The number of aromatic nitrogens is 3. The summed E-state index contributed by atoms with van der Waals surface area (Å²) in [7, 11) is 0. The predicted molar refractivity (Wildman–Crippen MR) is 77.3 cm³/mol. The first kappa shape index (κ1) is 11.8. The van der Waals surface area contributed by atoms with E-state index in [2.05, 4.69) is 10.1 Å². The van der Waals surface area contributed by atoms with Crippen molar-refractivity contribution in [2.24, 2.45) is 0 Å². The van der Waals surface area contributed by atoms with Crippen LogP contribution in [0.2, 0.25) is 0 Å². The van der Waals surface area contributed by atoms with Gasteiger partial charge in [-0.25, -0.2) is 4.68 Å². The van der Waals surface area contributed by atoms with Crippen molar-refractivity contribution in [3.05, 3.63) is 48.9 Å². The van der Waals surface area contributed by atoms with Gasteiger partial charge in [-0.3, -0.25) is 4.98 Å². The fourth-order valence-corrected chi connectivity index (χ4v) is 2.28. The average Bonchev–Trinajstić information content (AvgIpc) is 3.13. The van der Waals surface area contributed by atoms with E-state index in [9.17, 15) is 0 Å². The van der Waals surface area contributed by atoms with Crippen LogP contribution < -0.4 is 15.2 Å². The van der Waals surface area contributed by atoms with Gasteiger partial charge in [0, 0.05) is 18.0 Å². The zero-order chi connectivity index (χ0) is 14.2. The molecule has 21 heavy (non-hydrogen) atoms. The molecule has 0 spiro atoms. The minimum atomic E-state index is 0.250. The topological polar surface area (TPSA) is 75.2 Å². The van der Waals surface area contributed by atoms with E-state index in [1.54, 1.807) is 23.3 Å². The van der Waals surface area contributed by atoms with Crippen LogP contribution in [-0.4, -0.2) is 21.6 Å². The maximum atomic E-state index is 6.08. The molecule has 2 N–H and O–H groups in total. The van der Waals surface area contributed by atoms with Crippen molar-refractivity contribution in [3.63, 3.8) is 0 Å². The zero-order valence-electron chi connectivity index (χ0n) is 11.1. The number of hydrogen-bond donors (Lipinski definition) is 1. The molecule has 2 aromatic heterocycles. The number of nitrogens with two attached hydrogens (primary N) is 1.